The first-order chi connectivity index (χ1) is 8.05. The zero-order chi connectivity index (χ0) is 12.8. The molecule has 1 unspecified atom stereocenters. The van der Waals surface area contributed by atoms with Gasteiger partial charge in [0.15, 0.2) is 0 Å². The second kappa shape index (κ2) is 6.19. The third kappa shape index (κ3) is 4.39. The van der Waals surface area contributed by atoms with E-state index < -0.39 is 0 Å². The maximum Gasteiger partial charge on any atom is 0.324 e. The topological polar surface area (TPSA) is 95.2 Å². The number of hydrazine groups is 1. The van der Waals surface area contributed by atoms with E-state index >= 15 is 0 Å². The lowest BCUT2D eigenvalue weighted by Crippen LogP contribution is -2.18. The van der Waals surface area contributed by atoms with Gasteiger partial charge in [0, 0.05) is 0 Å². The average molecular weight is 241 g/mol. The van der Waals surface area contributed by atoms with Crippen LogP contribution >= 0.6 is 0 Å². The van der Waals surface area contributed by atoms with Crippen molar-refractivity contribution < 1.29 is 9.47 Å². The van der Waals surface area contributed by atoms with Gasteiger partial charge in [-0.25, -0.2) is 5.84 Å². The van der Waals surface area contributed by atoms with E-state index in [1.807, 2.05) is 6.92 Å². The van der Waals surface area contributed by atoms with Crippen molar-refractivity contribution in [1.82, 2.24) is 15.0 Å². The largest absolute Gasteiger partial charge is 0.467 e. The van der Waals surface area contributed by atoms with Crippen molar-refractivity contribution >= 4 is 5.95 Å². The Morgan fingerprint density at radius 1 is 1.18 bits per heavy atom. The number of nitrogens with two attached hydrogens (primary N) is 1. The Balaban J connectivity index is 2.75. The number of anilines is 1. The molecule has 0 aliphatic heterocycles. The minimum absolute atomic E-state index is 0.0210. The molecule has 0 aliphatic rings. The number of methoxy groups -OCH3 is 1. The molecular formula is C10H19N5O2. The van der Waals surface area contributed by atoms with Gasteiger partial charge in [-0.3, -0.25) is 5.43 Å². The van der Waals surface area contributed by atoms with Gasteiger partial charge in [-0.1, -0.05) is 13.8 Å². The average Bonchev–Trinajstić information content (AvgIpc) is 2.27. The van der Waals surface area contributed by atoms with Gasteiger partial charge < -0.3 is 9.47 Å². The number of ether oxygens (including phenoxy) is 2. The molecule has 3 N–H and O–H groups in total. The SMILES string of the molecule is COc1nc(NN)nc(OC(C)CC(C)C)n1. The zero-order valence-electron chi connectivity index (χ0n) is 10.6. The number of rotatable bonds is 6. The van der Waals surface area contributed by atoms with Crippen molar-refractivity contribution in [1.29, 1.82) is 0 Å². The first-order valence-corrected chi connectivity index (χ1v) is 5.48. The molecule has 0 aliphatic carbocycles. The van der Waals surface area contributed by atoms with Gasteiger partial charge in [-0.05, 0) is 19.3 Å². The highest BCUT2D eigenvalue weighted by atomic mass is 16.5. The smallest absolute Gasteiger partial charge is 0.324 e. The predicted octanol–water partition coefficient (Wildman–Crippen LogP) is 0.979. The van der Waals surface area contributed by atoms with Crippen molar-refractivity contribution in [3.63, 3.8) is 0 Å². The van der Waals surface area contributed by atoms with Gasteiger partial charge in [0.2, 0.25) is 5.95 Å². The molecule has 0 bridgehead atoms. The highest BCUT2D eigenvalue weighted by Gasteiger charge is 2.12. The summed E-state index contributed by atoms with van der Waals surface area (Å²) < 4.78 is 10.5. The van der Waals surface area contributed by atoms with E-state index in [2.05, 4.69) is 34.2 Å². The van der Waals surface area contributed by atoms with Crippen LogP contribution in [0.5, 0.6) is 12.0 Å². The standard InChI is InChI=1S/C10H19N5O2/c1-6(2)5-7(3)17-10-13-8(15-11)12-9(14-10)16-4/h6-7H,5,11H2,1-4H3,(H,12,13,14,15). The minimum Gasteiger partial charge on any atom is -0.467 e. The zero-order valence-corrected chi connectivity index (χ0v) is 10.6. The van der Waals surface area contributed by atoms with Crippen LogP contribution in [0.25, 0.3) is 0 Å². The maximum absolute atomic E-state index is 5.57. The summed E-state index contributed by atoms with van der Waals surface area (Å²) in [5.41, 5.74) is 2.33. The molecule has 7 nitrogen and oxygen atoms in total. The van der Waals surface area contributed by atoms with Crippen LogP contribution in [-0.4, -0.2) is 28.2 Å². The van der Waals surface area contributed by atoms with Crippen LogP contribution in [0.3, 0.4) is 0 Å². The van der Waals surface area contributed by atoms with Crippen LogP contribution in [-0.2, 0) is 0 Å². The highest BCUT2D eigenvalue weighted by molar-refractivity contribution is 5.25. The lowest BCUT2D eigenvalue weighted by Gasteiger charge is -2.15. The Labute approximate surface area is 101 Å². The summed E-state index contributed by atoms with van der Waals surface area (Å²) in [6, 6.07) is 0.373. The van der Waals surface area contributed by atoms with Crippen molar-refractivity contribution in [2.75, 3.05) is 12.5 Å². The van der Waals surface area contributed by atoms with E-state index in [1.165, 1.54) is 7.11 Å². The van der Waals surface area contributed by atoms with E-state index in [9.17, 15) is 0 Å². The van der Waals surface area contributed by atoms with Crippen LogP contribution in [0, 0.1) is 5.92 Å². The first kappa shape index (κ1) is 13.4. The summed E-state index contributed by atoms with van der Waals surface area (Å²) in [5.74, 6) is 5.99. The van der Waals surface area contributed by atoms with Crippen LogP contribution in [0.4, 0.5) is 5.95 Å². The van der Waals surface area contributed by atoms with E-state index in [-0.39, 0.29) is 24.1 Å². The van der Waals surface area contributed by atoms with Crippen LogP contribution in [0.2, 0.25) is 0 Å². The molecule has 0 radical (unpaired) electrons. The Hall–Kier alpha value is -1.63. The third-order valence-corrected chi connectivity index (χ3v) is 2.02. The summed E-state index contributed by atoms with van der Waals surface area (Å²) in [7, 11) is 1.47. The number of nitrogen functional groups attached to an aromatic ring is 1. The van der Waals surface area contributed by atoms with E-state index in [0.29, 0.717) is 5.92 Å². The molecule has 1 rings (SSSR count). The van der Waals surface area contributed by atoms with Gasteiger partial charge in [0.1, 0.15) is 0 Å². The van der Waals surface area contributed by atoms with Crippen LogP contribution in [0.1, 0.15) is 27.2 Å². The van der Waals surface area contributed by atoms with Crippen molar-refractivity contribution in [3.8, 4) is 12.0 Å². The highest BCUT2D eigenvalue weighted by Crippen LogP contribution is 2.15. The lowest BCUT2D eigenvalue weighted by molar-refractivity contribution is 0.175. The molecule has 1 aromatic rings. The number of aromatic nitrogens is 3. The number of nitrogens with zero attached hydrogens (tertiary/aromatic N) is 3. The molecule has 96 valence electrons. The fourth-order valence-electron chi connectivity index (χ4n) is 1.44. The Kier molecular flexibility index (Phi) is 4.89. The fraction of sp³-hybridized carbons (Fsp3) is 0.700. The number of nitrogens with one attached hydrogen (secondary N) is 1. The summed E-state index contributed by atoms with van der Waals surface area (Å²) >= 11 is 0. The van der Waals surface area contributed by atoms with Crippen LogP contribution in [0.15, 0.2) is 0 Å². The molecule has 1 atom stereocenters. The summed E-state index contributed by atoms with van der Waals surface area (Å²) in [5, 5.41) is 0. The normalized spacial score (nSPS) is 12.4. The maximum atomic E-state index is 5.57. The molecule has 1 heterocycles. The quantitative estimate of drug-likeness (QED) is 0.566. The molecule has 0 amide bonds. The molecule has 0 fully saturated rings. The molecule has 0 saturated carbocycles. The van der Waals surface area contributed by atoms with E-state index in [0.717, 1.165) is 6.42 Å². The molecule has 17 heavy (non-hydrogen) atoms. The van der Waals surface area contributed by atoms with Gasteiger partial charge >= 0.3 is 12.0 Å². The van der Waals surface area contributed by atoms with Crippen molar-refractivity contribution in [3.05, 3.63) is 0 Å². The third-order valence-electron chi connectivity index (χ3n) is 2.02. The Morgan fingerprint density at radius 2 is 1.82 bits per heavy atom. The second-order valence-electron chi connectivity index (χ2n) is 4.13. The Morgan fingerprint density at radius 3 is 2.35 bits per heavy atom. The summed E-state index contributed by atoms with van der Waals surface area (Å²) in [6.07, 6.45) is 0.937. The second-order valence-corrected chi connectivity index (χ2v) is 4.13. The predicted molar refractivity (Wildman–Crippen MR) is 63.7 cm³/mol. The van der Waals surface area contributed by atoms with Crippen LogP contribution < -0.4 is 20.7 Å². The molecular weight excluding hydrogens is 222 g/mol. The van der Waals surface area contributed by atoms with Gasteiger partial charge in [-0.2, -0.15) is 9.97 Å². The number of hydrogen-bond donors (Lipinski definition) is 2. The van der Waals surface area contributed by atoms with E-state index in [1.54, 1.807) is 0 Å². The molecule has 0 spiro atoms. The Bertz CT molecular complexity index is 336. The summed E-state index contributed by atoms with van der Waals surface area (Å²) in [4.78, 5) is 11.8. The molecule has 1 aromatic heterocycles. The molecule has 0 saturated heterocycles. The van der Waals surface area contributed by atoms with Gasteiger partial charge in [-0.15, -0.1) is 4.98 Å². The fourth-order valence-corrected chi connectivity index (χ4v) is 1.44. The summed E-state index contributed by atoms with van der Waals surface area (Å²) in [6.45, 7) is 6.22. The van der Waals surface area contributed by atoms with Gasteiger partial charge in [0.25, 0.3) is 0 Å². The lowest BCUT2D eigenvalue weighted by atomic mass is 10.1. The van der Waals surface area contributed by atoms with Gasteiger partial charge in [0.05, 0.1) is 13.2 Å². The molecule has 7 heteroatoms. The van der Waals surface area contributed by atoms with Crippen molar-refractivity contribution in [2.24, 2.45) is 11.8 Å². The first-order valence-electron chi connectivity index (χ1n) is 5.48. The van der Waals surface area contributed by atoms with Crippen molar-refractivity contribution in [2.45, 2.75) is 33.3 Å². The number of hydrogen-bond acceptors (Lipinski definition) is 7. The van der Waals surface area contributed by atoms with E-state index in [4.69, 9.17) is 15.3 Å². The molecule has 0 aromatic carbocycles. The monoisotopic (exact) mass is 241 g/mol. The minimum atomic E-state index is 0.0210.